The van der Waals surface area contributed by atoms with Crippen LogP contribution < -0.4 is 5.32 Å². The molecule has 2 heteroatoms. The number of hydrogen-bond acceptors (Lipinski definition) is 2. The molecule has 1 heterocycles. The molecule has 0 radical (unpaired) electrons. The van der Waals surface area contributed by atoms with E-state index in [1.807, 2.05) is 0 Å². The van der Waals surface area contributed by atoms with Gasteiger partial charge in [0.05, 0.1) is 0 Å². The molecule has 1 fully saturated rings. The Morgan fingerprint density at radius 2 is 2.36 bits per heavy atom. The molecular formula is C9H19NO. The Labute approximate surface area is 69.0 Å². The average molecular weight is 157 g/mol. The van der Waals surface area contributed by atoms with Gasteiger partial charge in [0, 0.05) is 12.1 Å². The molecule has 1 aliphatic rings. The number of rotatable bonds is 4. The van der Waals surface area contributed by atoms with Gasteiger partial charge in [-0.2, -0.15) is 0 Å². The van der Waals surface area contributed by atoms with Crippen molar-refractivity contribution in [2.75, 3.05) is 13.2 Å². The van der Waals surface area contributed by atoms with E-state index in [-0.39, 0.29) is 0 Å². The Kier molecular flexibility index (Phi) is 3.34. The molecule has 0 spiro atoms. The number of aliphatic hydroxyl groups excluding tert-OH is 1. The maximum absolute atomic E-state index is 8.71. The van der Waals surface area contributed by atoms with Gasteiger partial charge in [-0.1, -0.05) is 6.92 Å². The van der Waals surface area contributed by atoms with E-state index < -0.39 is 0 Å². The van der Waals surface area contributed by atoms with Gasteiger partial charge in [0.25, 0.3) is 0 Å². The molecule has 1 atom stereocenters. The molecule has 0 aromatic rings. The quantitative estimate of drug-likeness (QED) is 0.644. The molecule has 0 aromatic heterocycles. The van der Waals surface area contributed by atoms with Crippen molar-refractivity contribution in [3.8, 4) is 0 Å². The second kappa shape index (κ2) is 4.07. The smallest absolute Gasteiger partial charge is 0.0431 e. The van der Waals surface area contributed by atoms with E-state index in [0.717, 1.165) is 12.8 Å². The molecule has 66 valence electrons. The van der Waals surface area contributed by atoms with Crippen LogP contribution in [-0.4, -0.2) is 23.8 Å². The molecule has 0 aromatic carbocycles. The third-order valence-electron chi connectivity index (χ3n) is 2.82. The van der Waals surface area contributed by atoms with Gasteiger partial charge >= 0.3 is 0 Å². The molecule has 0 bridgehead atoms. The summed E-state index contributed by atoms with van der Waals surface area (Å²) in [6, 6.07) is 0. The fourth-order valence-electron chi connectivity index (χ4n) is 1.98. The van der Waals surface area contributed by atoms with Gasteiger partial charge in [0.2, 0.25) is 0 Å². The van der Waals surface area contributed by atoms with Crippen LogP contribution in [-0.2, 0) is 0 Å². The summed E-state index contributed by atoms with van der Waals surface area (Å²) < 4.78 is 0. The minimum absolute atomic E-state index is 0.337. The predicted molar refractivity (Wildman–Crippen MR) is 46.6 cm³/mol. The molecule has 0 saturated carbocycles. The molecule has 1 saturated heterocycles. The first-order valence-electron chi connectivity index (χ1n) is 4.69. The number of hydrogen-bond donors (Lipinski definition) is 2. The van der Waals surface area contributed by atoms with E-state index in [1.54, 1.807) is 0 Å². The molecule has 2 N–H and O–H groups in total. The van der Waals surface area contributed by atoms with Crippen LogP contribution in [0.5, 0.6) is 0 Å². The Hall–Kier alpha value is -0.0800. The van der Waals surface area contributed by atoms with Crippen molar-refractivity contribution in [2.24, 2.45) is 0 Å². The molecule has 1 rings (SSSR count). The Bertz CT molecular complexity index is 108. The van der Waals surface area contributed by atoms with Gasteiger partial charge < -0.3 is 10.4 Å². The van der Waals surface area contributed by atoms with Crippen molar-refractivity contribution in [3.63, 3.8) is 0 Å². The van der Waals surface area contributed by atoms with Gasteiger partial charge in [0.15, 0.2) is 0 Å². The number of nitrogens with one attached hydrogen (secondary N) is 1. The van der Waals surface area contributed by atoms with Crippen LogP contribution in [0, 0.1) is 0 Å². The molecule has 11 heavy (non-hydrogen) atoms. The normalized spacial score (nSPS) is 31.1. The highest BCUT2D eigenvalue weighted by Crippen LogP contribution is 2.27. The largest absolute Gasteiger partial charge is 0.396 e. The second-order valence-electron chi connectivity index (χ2n) is 3.49. The lowest BCUT2D eigenvalue weighted by Crippen LogP contribution is -2.38. The van der Waals surface area contributed by atoms with Crippen LogP contribution in [0.15, 0.2) is 0 Å². The van der Waals surface area contributed by atoms with Crippen molar-refractivity contribution in [3.05, 3.63) is 0 Å². The van der Waals surface area contributed by atoms with Crippen molar-refractivity contribution < 1.29 is 5.11 Å². The maximum Gasteiger partial charge on any atom is 0.0431 e. The zero-order valence-electron chi connectivity index (χ0n) is 7.40. The van der Waals surface area contributed by atoms with Crippen molar-refractivity contribution in [1.82, 2.24) is 5.32 Å². The van der Waals surface area contributed by atoms with Crippen molar-refractivity contribution >= 4 is 0 Å². The maximum atomic E-state index is 8.71. The third-order valence-corrected chi connectivity index (χ3v) is 2.82. The first-order chi connectivity index (χ1) is 5.33. The van der Waals surface area contributed by atoms with E-state index in [9.17, 15) is 0 Å². The molecular weight excluding hydrogens is 138 g/mol. The Balaban J connectivity index is 2.33. The highest BCUT2D eigenvalue weighted by Gasteiger charge is 2.30. The Morgan fingerprint density at radius 3 is 2.82 bits per heavy atom. The lowest BCUT2D eigenvalue weighted by molar-refractivity contribution is 0.246. The van der Waals surface area contributed by atoms with E-state index in [0.29, 0.717) is 12.1 Å². The molecule has 2 nitrogen and oxygen atoms in total. The average Bonchev–Trinajstić information content (AvgIpc) is 2.50. The first-order valence-corrected chi connectivity index (χ1v) is 4.69. The van der Waals surface area contributed by atoms with Crippen LogP contribution in [0.3, 0.4) is 0 Å². The van der Waals surface area contributed by atoms with Crippen molar-refractivity contribution in [1.29, 1.82) is 0 Å². The summed E-state index contributed by atoms with van der Waals surface area (Å²) in [5.41, 5.74) is 0.378. The van der Waals surface area contributed by atoms with Crippen LogP contribution in [0.1, 0.15) is 39.0 Å². The summed E-state index contributed by atoms with van der Waals surface area (Å²) in [6.45, 7) is 3.73. The van der Waals surface area contributed by atoms with E-state index in [4.69, 9.17) is 5.11 Å². The summed E-state index contributed by atoms with van der Waals surface area (Å²) in [4.78, 5) is 0. The summed E-state index contributed by atoms with van der Waals surface area (Å²) >= 11 is 0. The Morgan fingerprint density at radius 1 is 1.55 bits per heavy atom. The standard InChI is InChI=1S/C9H19NO/c1-2-9(6-4-8-11)5-3-7-10-9/h10-11H,2-8H2,1H3. The van der Waals surface area contributed by atoms with Crippen molar-refractivity contribution in [2.45, 2.75) is 44.6 Å². The van der Waals surface area contributed by atoms with Gasteiger partial charge in [-0.15, -0.1) is 0 Å². The second-order valence-corrected chi connectivity index (χ2v) is 3.49. The molecule has 1 aliphatic heterocycles. The zero-order valence-corrected chi connectivity index (χ0v) is 7.40. The highest BCUT2D eigenvalue weighted by atomic mass is 16.2. The van der Waals surface area contributed by atoms with Gasteiger partial charge in [-0.05, 0) is 38.6 Å². The first kappa shape index (κ1) is 9.01. The summed E-state index contributed by atoms with van der Waals surface area (Å²) in [5, 5.41) is 12.3. The van der Waals surface area contributed by atoms with Gasteiger partial charge in [-0.3, -0.25) is 0 Å². The van der Waals surface area contributed by atoms with E-state index in [1.165, 1.54) is 25.8 Å². The highest BCUT2D eigenvalue weighted by molar-refractivity contribution is 4.91. The van der Waals surface area contributed by atoms with E-state index in [2.05, 4.69) is 12.2 Å². The summed E-state index contributed by atoms with van der Waals surface area (Å²) in [7, 11) is 0. The fourth-order valence-corrected chi connectivity index (χ4v) is 1.98. The molecule has 0 aliphatic carbocycles. The number of aliphatic hydroxyl groups is 1. The minimum atomic E-state index is 0.337. The topological polar surface area (TPSA) is 32.3 Å². The van der Waals surface area contributed by atoms with Crippen LogP contribution in [0.25, 0.3) is 0 Å². The molecule has 1 unspecified atom stereocenters. The molecule has 0 amide bonds. The monoisotopic (exact) mass is 157 g/mol. The van der Waals surface area contributed by atoms with E-state index >= 15 is 0 Å². The predicted octanol–water partition coefficient (Wildman–Crippen LogP) is 1.29. The minimum Gasteiger partial charge on any atom is -0.396 e. The van der Waals surface area contributed by atoms with Gasteiger partial charge in [0.1, 0.15) is 0 Å². The van der Waals surface area contributed by atoms with Gasteiger partial charge in [-0.25, -0.2) is 0 Å². The third kappa shape index (κ3) is 2.17. The lowest BCUT2D eigenvalue weighted by Gasteiger charge is -2.27. The SMILES string of the molecule is CCC1(CCCO)CCCN1. The van der Waals surface area contributed by atoms with Crippen LogP contribution in [0.4, 0.5) is 0 Å². The van der Waals surface area contributed by atoms with Crippen LogP contribution >= 0.6 is 0 Å². The summed E-state index contributed by atoms with van der Waals surface area (Å²) in [5.74, 6) is 0. The lowest BCUT2D eigenvalue weighted by atomic mass is 9.89. The fraction of sp³-hybridized carbons (Fsp3) is 1.00. The summed E-state index contributed by atoms with van der Waals surface area (Å²) in [6.07, 6.45) is 5.89. The zero-order chi connectivity index (χ0) is 8.16. The van der Waals surface area contributed by atoms with Crippen LogP contribution in [0.2, 0.25) is 0 Å².